The molecule has 0 spiro atoms. The highest BCUT2D eigenvalue weighted by atomic mass is 16.5. The molecule has 1 heterocycles. The maximum Gasteiger partial charge on any atom is 0.310 e. The van der Waals surface area contributed by atoms with Gasteiger partial charge in [-0.15, -0.1) is 0 Å². The van der Waals surface area contributed by atoms with Gasteiger partial charge < -0.3 is 15.4 Å². The first-order valence-electron chi connectivity index (χ1n) is 7.09. The molecule has 2 atom stereocenters. The van der Waals surface area contributed by atoms with E-state index in [4.69, 9.17) is 0 Å². The van der Waals surface area contributed by atoms with Crippen molar-refractivity contribution in [2.24, 2.45) is 17.8 Å². The molecule has 1 rings (SSSR count). The smallest absolute Gasteiger partial charge is 0.310 e. The van der Waals surface area contributed by atoms with E-state index in [1.807, 2.05) is 0 Å². The summed E-state index contributed by atoms with van der Waals surface area (Å²) in [4.78, 5) is 23.0. The number of carbonyl (C=O) groups excluding carboxylic acids is 2. The summed E-state index contributed by atoms with van der Waals surface area (Å²) in [6.45, 7) is 6.35. The molecule has 1 fully saturated rings. The fourth-order valence-corrected chi connectivity index (χ4v) is 2.50. The predicted molar refractivity (Wildman–Crippen MR) is 73.6 cm³/mol. The number of rotatable bonds is 6. The molecule has 19 heavy (non-hydrogen) atoms. The number of piperidine rings is 1. The Labute approximate surface area is 115 Å². The highest BCUT2D eigenvalue weighted by molar-refractivity contribution is 5.77. The van der Waals surface area contributed by atoms with Crippen molar-refractivity contribution in [1.29, 1.82) is 0 Å². The zero-order valence-corrected chi connectivity index (χ0v) is 12.2. The Balaban J connectivity index is 2.24. The molecule has 110 valence electrons. The van der Waals surface area contributed by atoms with Crippen LogP contribution in [0.5, 0.6) is 0 Å². The molecule has 0 aromatic heterocycles. The molecule has 0 radical (unpaired) electrons. The van der Waals surface area contributed by atoms with Gasteiger partial charge in [0.15, 0.2) is 0 Å². The number of methoxy groups -OCH3 is 1. The Morgan fingerprint density at radius 3 is 2.53 bits per heavy atom. The topological polar surface area (TPSA) is 67.4 Å². The number of ether oxygens (including phenoxy) is 1. The lowest BCUT2D eigenvalue weighted by Crippen LogP contribution is -2.35. The van der Waals surface area contributed by atoms with Crippen LogP contribution in [0.25, 0.3) is 0 Å². The molecule has 5 nitrogen and oxygen atoms in total. The van der Waals surface area contributed by atoms with Crippen molar-refractivity contribution < 1.29 is 14.3 Å². The van der Waals surface area contributed by atoms with Crippen LogP contribution < -0.4 is 10.6 Å². The Kier molecular flexibility index (Phi) is 6.84. The Bertz CT molecular complexity index is 301. The van der Waals surface area contributed by atoms with Crippen LogP contribution in [0.4, 0.5) is 0 Å². The van der Waals surface area contributed by atoms with Gasteiger partial charge in [-0.25, -0.2) is 0 Å². The van der Waals surface area contributed by atoms with Crippen molar-refractivity contribution in [3.63, 3.8) is 0 Å². The predicted octanol–water partition coefficient (Wildman–Crippen LogP) is 0.937. The lowest BCUT2D eigenvalue weighted by molar-refractivity contribution is -0.144. The monoisotopic (exact) mass is 270 g/mol. The van der Waals surface area contributed by atoms with E-state index < -0.39 is 0 Å². The third-order valence-corrected chi connectivity index (χ3v) is 3.90. The van der Waals surface area contributed by atoms with Crippen molar-refractivity contribution in [3.05, 3.63) is 0 Å². The lowest BCUT2D eigenvalue weighted by Gasteiger charge is -2.28. The second-order valence-electron chi connectivity index (χ2n) is 5.50. The van der Waals surface area contributed by atoms with Crippen LogP contribution in [0.15, 0.2) is 0 Å². The molecule has 0 bridgehead atoms. The van der Waals surface area contributed by atoms with Crippen LogP contribution in [0.1, 0.15) is 33.1 Å². The highest BCUT2D eigenvalue weighted by Crippen LogP contribution is 2.24. The van der Waals surface area contributed by atoms with Gasteiger partial charge in [-0.1, -0.05) is 13.8 Å². The van der Waals surface area contributed by atoms with Crippen molar-refractivity contribution in [3.8, 4) is 0 Å². The van der Waals surface area contributed by atoms with Gasteiger partial charge in [0.2, 0.25) is 5.91 Å². The molecule has 1 aliphatic heterocycles. The van der Waals surface area contributed by atoms with Gasteiger partial charge in [0.25, 0.3) is 0 Å². The van der Waals surface area contributed by atoms with Crippen molar-refractivity contribution in [2.45, 2.75) is 33.1 Å². The first kappa shape index (κ1) is 16.0. The molecule has 2 N–H and O–H groups in total. The van der Waals surface area contributed by atoms with Crippen LogP contribution >= 0.6 is 0 Å². The zero-order chi connectivity index (χ0) is 14.3. The number of hydrogen-bond acceptors (Lipinski definition) is 4. The minimum Gasteiger partial charge on any atom is -0.469 e. The van der Waals surface area contributed by atoms with Crippen LogP contribution in [-0.4, -0.2) is 38.6 Å². The molecular formula is C14H26N2O3. The summed E-state index contributed by atoms with van der Waals surface area (Å²) in [5.74, 6) is 0.484. The standard InChI is InChI=1S/C14H26N2O3/c1-10(12-4-6-15-7-5-12)8-13(17)16-9-11(2)14(18)19-3/h10-12,15H,4-9H2,1-3H3,(H,16,17). The number of nitrogens with one attached hydrogen (secondary N) is 2. The molecule has 0 saturated carbocycles. The lowest BCUT2D eigenvalue weighted by atomic mass is 9.84. The van der Waals surface area contributed by atoms with E-state index in [9.17, 15) is 9.59 Å². The maximum absolute atomic E-state index is 11.8. The summed E-state index contributed by atoms with van der Waals surface area (Å²) in [6.07, 6.45) is 2.83. The fourth-order valence-electron chi connectivity index (χ4n) is 2.50. The number of esters is 1. The van der Waals surface area contributed by atoms with Gasteiger partial charge in [-0.3, -0.25) is 9.59 Å². The van der Waals surface area contributed by atoms with Crippen molar-refractivity contribution >= 4 is 11.9 Å². The molecule has 0 aliphatic carbocycles. The summed E-state index contributed by atoms with van der Waals surface area (Å²) in [7, 11) is 1.36. The van der Waals surface area contributed by atoms with E-state index in [1.165, 1.54) is 7.11 Å². The fraction of sp³-hybridized carbons (Fsp3) is 0.857. The van der Waals surface area contributed by atoms with Crippen LogP contribution in [0, 0.1) is 17.8 Å². The SMILES string of the molecule is COC(=O)C(C)CNC(=O)CC(C)C1CCNCC1. The summed E-state index contributed by atoms with van der Waals surface area (Å²) < 4.78 is 4.62. The third kappa shape index (κ3) is 5.59. The molecule has 2 unspecified atom stereocenters. The summed E-state index contributed by atoms with van der Waals surface area (Å²) in [5, 5.41) is 6.14. The second kappa shape index (κ2) is 8.15. The highest BCUT2D eigenvalue weighted by Gasteiger charge is 2.22. The zero-order valence-electron chi connectivity index (χ0n) is 12.2. The molecule has 1 aliphatic rings. The minimum absolute atomic E-state index is 0.0294. The Morgan fingerprint density at radius 1 is 1.32 bits per heavy atom. The van der Waals surface area contributed by atoms with Gasteiger partial charge in [0.1, 0.15) is 0 Å². The van der Waals surface area contributed by atoms with Gasteiger partial charge >= 0.3 is 5.97 Å². The van der Waals surface area contributed by atoms with Crippen LogP contribution in [-0.2, 0) is 14.3 Å². The minimum atomic E-state index is -0.289. The van der Waals surface area contributed by atoms with E-state index in [1.54, 1.807) is 6.92 Å². The van der Waals surface area contributed by atoms with E-state index in [2.05, 4.69) is 22.3 Å². The average molecular weight is 270 g/mol. The summed E-state index contributed by atoms with van der Waals surface area (Å²) in [6, 6.07) is 0. The van der Waals surface area contributed by atoms with Gasteiger partial charge in [-0.05, 0) is 37.8 Å². The largest absolute Gasteiger partial charge is 0.469 e. The van der Waals surface area contributed by atoms with Crippen molar-refractivity contribution in [2.75, 3.05) is 26.7 Å². The average Bonchev–Trinajstić information content (AvgIpc) is 2.44. The normalized spacial score (nSPS) is 19.5. The molecule has 5 heteroatoms. The molecule has 1 amide bonds. The van der Waals surface area contributed by atoms with E-state index >= 15 is 0 Å². The summed E-state index contributed by atoms with van der Waals surface area (Å²) >= 11 is 0. The molecule has 0 aromatic rings. The number of carbonyl (C=O) groups is 2. The Hall–Kier alpha value is -1.10. The number of amides is 1. The number of hydrogen-bond donors (Lipinski definition) is 2. The first-order chi connectivity index (χ1) is 9.04. The van der Waals surface area contributed by atoms with E-state index in [0.717, 1.165) is 25.9 Å². The molecular weight excluding hydrogens is 244 g/mol. The van der Waals surface area contributed by atoms with Gasteiger partial charge in [0, 0.05) is 13.0 Å². The van der Waals surface area contributed by atoms with E-state index in [0.29, 0.717) is 24.8 Å². The third-order valence-electron chi connectivity index (χ3n) is 3.90. The molecule has 0 aromatic carbocycles. The van der Waals surface area contributed by atoms with Gasteiger partial charge in [-0.2, -0.15) is 0 Å². The first-order valence-corrected chi connectivity index (χ1v) is 7.09. The van der Waals surface area contributed by atoms with Crippen LogP contribution in [0.2, 0.25) is 0 Å². The molecule has 1 saturated heterocycles. The van der Waals surface area contributed by atoms with E-state index in [-0.39, 0.29) is 17.8 Å². The van der Waals surface area contributed by atoms with Crippen LogP contribution in [0.3, 0.4) is 0 Å². The van der Waals surface area contributed by atoms with Crippen molar-refractivity contribution in [1.82, 2.24) is 10.6 Å². The quantitative estimate of drug-likeness (QED) is 0.705. The summed E-state index contributed by atoms with van der Waals surface area (Å²) in [5.41, 5.74) is 0. The second-order valence-corrected chi connectivity index (χ2v) is 5.50. The maximum atomic E-state index is 11.8. The van der Waals surface area contributed by atoms with Gasteiger partial charge in [0.05, 0.1) is 13.0 Å². The Morgan fingerprint density at radius 2 is 1.95 bits per heavy atom.